The van der Waals surface area contributed by atoms with Crippen LogP contribution < -0.4 is 5.73 Å². The molecule has 0 bridgehead atoms. The van der Waals surface area contributed by atoms with Crippen LogP contribution in [0, 0.1) is 11.3 Å². The lowest BCUT2D eigenvalue weighted by Crippen LogP contribution is -2.29. The molecule has 1 aromatic rings. The molecule has 1 aromatic heterocycles. The zero-order valence-electron chi connectivity index (χ0n) is 8.58. The first kappa shape index (κ1) is 10.7. The number of hydrogen-bond acceptors (Lipinski definition) is 3. The molecule has 0 aliphatic rings. The van der Waals surface area contributed by atoms with Gasteiger partial charge in [-0.2, -0.15) is 0 Å². The number of aromatic nitrogens is 1. The molecule has 1 atom stereocenters. The van der Waals surface area contributed by atoms with E-state index in [0.29, 0.717) is 5.92 Å². The van der Waals surface area contributed by atoms with Crippen molar-refractivity contribution in [1.29, 1.82) is 0 Å². The Labute approximate surface area is 84.2 Å². The van der Waals surface area contributed by atoms with E-state index in [9.17, 15) is 0 Å². The van der Waals surface area contributed by atoms with E-state index in [1.165, 1.54) is 5.01 Å². The molecule has 13 heavy (non-hydrogen) atoms. The second kappa shape index (κ2) is 4.20. The monoisotopic (exact) mass is 198 g/mol. The summed E-state index contributed by atoms with van der Waals surface area (Å²) in [5, 5.41) is 3.22. The van der Waals surface area contributed by atoms with Crippen LogP contribution in [-0.4, -0.2) is 11.5 Å². The Kier molecular flexibility index (Phi) is 3.45. The molecule has 0 aromatic carbocycles. The summed E-state index contributed by atoms with van der Waals surface area (Å²) in [5.41, 5.74) is 6.03. The second-order valence-electron chi connectivity index (χ2n) is 4.43. The van der Waals surface area contributed by atoms with E-state index >= 15 is 0 Å². The molecular formula is C10H18N2S. The molecule has 2 N–H and O–H groups in total. The summed E-state index contributed by atoms with van der Waals surface area (Å²) in [6.07, 6.45) is 2.87. The highest BCUT2D eigenvalue weighted by molar-refractivity contribution is 7.09. The van der Waals surface area contributed by atoms with E-state index in [2.05, 4.69) is 25.8 Å². The van der Waals surface area contributed by atoms with Crippen LogP contribution in [0.3, 0.4) is 0 Å². The predicted octanol–water partition coefficient (Wildman–Crippen LogP) is 2.31. The van der Waals surface area contributed by atoms with Crippen molar-refractivity contribution in [3.05, 3.63) is 16.6 Å². The largest absolute Gasteiger partial charge is 0.330 e. The molecule has 0 amide bonds. The van der Waals surface area contributed by atoms with Crippen LogP contribution in [0.25, 0.3) is 0 Å². The Balaban J connectivity index is 2.60. The van der Waals surface area contributed by atoms with Crippen LogP contribution in [0.5, 0.6) is 0 Å². The third-order valence-corrected chi connectivity index (χ3v) is 3.22. The number of rotatable bonds is 3. The van der Waals surface area contributed by atoms with E-state index in [-0.39, 0.29) is 5.41 Å². The first-order chi connectivity index (χ1) is 6.04. The van der Waals surface area contributed by atoms with E-state index < -0.39 is 0 Å². The summed E-state index contributed by atoms with van der Waals surface area (Å²) >= 11 is 1.72. The predicted molar refractivity (Wildman–Crippen MR) is 57.8 cm³/mol. The summed E-state index contributed by atoms with van der Waals surface area (Å²) in [7, 11) is 0. The Morgan fingerprint density at radius 2 is 2.23 bits per heavy atom. The minimum absolute atomic E-state index is 0.278. The summed E-state index contributed by atoms with van der Waals surface area (Å²) in [5.74, 6) is 0.527. The fraction of sp³-hybridized carbons (Fsp3) is 0.700. The number of hydrogen-bond donors (Lipinski definition) is 1. The SMILES string of the molecule is CC(C)(C)C(CN)Cc1nccs1. The van der Waals surface area contributed by atoms with Gasteiger partial charge in [0.25, 0.3) is 0 Å². The van der Waals surface area contributed by atoms with Crippen LogP contribution in [0.4, 0.5) is 0 Å². The maximum Gasteiger partial charge on any atom is 0.0928 e. The number of thiazole rings is 1. The normalized spacial score (nSPS) is 14.5. The van der Waals surface area contributed by atoms with Crippen molar-refractivity contribution in [2.24, 2.45) is 17.1 Å². The standard InChI is InChI=1S/C10H18N2S/c1-10(2,3)8(7-11)6-9-12-4-5-13-9/h4-5,8H,6-7,11H2,1-3H3. The lowest BCUT2D eigenvalue weighted by molar-refractivity contribution is 0.245. The summed E-state index contributed by atoms with van der Waals surface area (Å²) in [6, 6.07) is 0. The minimum Gasteiger partial charge on any atom is -0.330 e. The van der Waals surface area contributed by atoms with Gasteiger partial charge in [-0.25, -0.2) is 4.98 Å². The third-order valence-electron chi connectivity index (χ3n) is 2.41. The van der Waals surface area contributed by atoms with Gasteiger partial charge in [0, 0.05) is 18.0 Å². The lowest BCUT2D eigenvalue weighted by Gasteiger charge is -2.28. The Bertz CT molecular complexity index is 236. The van der Waals surface area contributed by atoms with Crippen molar-refractivity contribution in [2.45, 2.75) is 27.2 Å². The highest BCUT2D eigenvalue weighted by atomic mass is 32.1. The fourth-order valence-electron chi connectivity index (χ4n) is 1.31. The molecule has 0 aliphatic carbocycles. The molecular weight excluding hydrogens is 180 g/mol. The summed E-state index contributed by atoms with van der Waals surface area (Å²) in [4.78, 5) is 4.28. The number of nitrogens with zero attached hydrogens (tertiary/aromatic N) is 1. The van der Waals surface area contributed by atoms with E-state index in [0.717, 1.165) is 13.0 Å². The minimum atomic E-state index is 0.278. The van der Waals surface area contributed by atoms with Gasteiger partial charge in [-0.1, -0.05) is 20.8 Å². The molecule has 3 heteroatoms. The molecule has 1 heterocycles. The zero-order valence-corrected chi connectivity index (χ0v) is 9.40. The van der Waals surface area contributed by atoms with Crippen molar-refractivity contribution >= 4 is 11.3 Å². The smallest absolute Gasteiger partial charge is 0.0928 e. The first-order valence-electron chi connectivity index (χ1n) is 4.62. The van der Waals surface area contributed by atoms with Gasteiger partial charge < -0.3 is 5.73 Å². The zero-order chi connectivity index (χ0) is 9.90. The molecule has 0 radical (unpaired) electrons. The molecule has 74 valence electrons. The Morgan fingerprint density at radius 1 is 1.54 bits per heavy atom. The van der Waals surface area contributed by atoms with Crippen LogP contribution >= 0.6 is 11.3 Å². The Morgan fingerprint density at radius 3 is 2.62 bits per heavy atom. The van der Waals surface area contributed by atoms with Crippen molar-refractivity contribution in [2.75, 3.05) is 6.54 Å². The van der Waals surface area contributed by atoms with Crippen molar-refractivity contribution in [1.82, 2.24) is 4.98 Å². The topological polar surface area (TPSA) is 38.9 Å². The summed E-state index contributed by atoms with van der Waals surface area (Å²) in [6.45, 7) is 7.44. The maximum atomic E-state index is 5.75. The van der Waals surface area contributed by atoms with Gasteiger partial charge in [-0.05, 0) is 17.9 Å². The molecule has 0 saturated heterocycles. The second-order valence-corrected chi connectivity index (χ2v) is 5.41. The van der Waals surface area contributed by atoms with Crippen LogP contribution in [0.15, 0.2) is 11.6 Å². The first-order valence-corrected chi connectivity index (χ1v) is 5.50. The maximum absolute atomic E-state index is 5.75. The van der Waals surface area contributed by atoms with Crippen LogP contribution in [-0.2, 0) is 6.42 Å². The molecule has 0 aliphatic heterocycles. The quantitative estimate of drug-likeness (QED) is 0.809. The highest BCUT2D eigenvalue weighted by Crippen LogP contribution is 2.28. The number of nitrogens with two attached hydrogens (primary N) is 1. The molecule has 1 unspecified atom stereocenters. The fourth-order valence-corrected chi connectivity index (χ4v) is 2.01. The molecule has 2 nitrogen and oxygen atoms in total. The van der Waals surface area contributed by atoms with Crippen molar-refractivity contribution < 1.29 is 0 Å². The van der Waals surface area contributed by atoms with Gasteiger partial charge in [-0.15, -0.1) is 11.3 Å². The third kappa shape index (κ3) is 3.08. The van der Waals surface area contributed by atoms with E-state index in [1.54, 1.807) is 11.3 Å². The molecule has 0 fully saturated rings. The van der Waals surface area contributed by atoms with Gasteiger partial charge in [0.1, 0.15) is 0 Å². The van der Waals surface area contributed by atoms with E-state index in [1.807, 2.05) is 11.6 Å². The molecule has 0 spiro atoms. The highest BCUT2D eigenvalue weighted by Gasteiger charge is 2.23. The molecule has 1 rings (SSSR count). The lowest BCUT2D eigenvalue weighted by atomic mass is 9.79. The van der Waals surface area contributed by atoms with E-state index in [4.69, 9.17) is 5.73 Å². The van der Waals surface area contributed by atoms with Crippen LogP contribution in [0.1, 0.15) is 25.8 Å². The van der Waals surface area contributed by atoms with Gasteiger partial charge in [0.15, 0.2) is 0 Å². The average molecular weight is 198 g/mol. The molecule has 0 saturated carbocycles. The summed E-state index contributed by atoms with van der Waals surface area (Å²) < 4.78 is 0. The van der Waals surface area contributed by atoms with Crippen LogP contribution in [0.2, 0.25) is 0 Å². The van der Waals surface area contributed by atoms with Gasteiger partial charge in [0.05, 0.1) is 5.01 Å². The Hall–Kier alpha value is -0.410. The average Bonchev–Trinajstić information content (AvgIpc) is 2.49. The van der Waals surface area contributed by atoms with Crippen molar-refractivity contribution in [3.8, 4) is 0 Å². The van der Waals surface area contributed by atoms with Gasteiger partial charge >= 0.3 is 0 Å². The van der Waals surface area contributed by atoms with Gasteiger partial charge in [-0.3, -0.25) is 0 Å². The van der Waals surface area contributed by atoms with Gasteiger partial charge in [0.2, 0.25) is 0 Å². The van der Waals surface area contributed by atoms with Crippen molar-refractivity contribution in [3.63, 3.8) is 0 Å².